The van der Waals surface area contributed by atoms with Gasteiger partial charge in [-0.3, -0.25) is 9.89 Å². The molecule has 0 amide bonds. The van der Waals surface area contributed by atoms with Crippen LogP contribution in [0.15, 0.2) is 29.3 Å². The monoisotopic (exact) mass is 392 g/mol. The molecule has 0 spiro atoms. The highest BCUT2D eigenvalue weighted by Crippen LogP contribution is 2.34. The maximum atomic E-state index is 6.09. The summed E-state index contributed by atoms with van der Waals surface area (Å²) in [7, 11) is 1.83. The summed E-state index contributed by atoms with van der Waals surface area (Å²) < 4.78 is 11.5. The van der Waals surface area contributed by atoms with Crippen molar-refractivity contribution in [3.63, 3.8) is 0 Å². The van der Waals surface area contributed by atoms with Gasteiger partial charge in [0.15, 0.2) is 5.96 Å². The Hall–Kier alpha value is -1.34. The van der Waals surface area contributed by atoms with Gasteiger partial charge < -0.3 is 20.1 Å². The number of hydrogen-bond donors (Lipinski definition) is 2. The highest BCUT2D eigenvalue weighted by atomic mass is 35.5. The first-order valence-corrected chi connectivity index (χ1v) is 10.3. The van der Waals surface area contributed by atoms with Crippen LogP contribution in [0.1, 0.15) is 30.9 Å². The third-order valence-electron chi connectivity index (χ3n) is 5.86. The molecular weight excluding hydrogens is 364 g/mol. The second-order valence-corrected chi connectivity index (χ2v) is 7.97. The van der Waals surface area contributed by atoms with Crippen molar-refractivity contribution < 1.29 is 9.47 Å². The van der Waals surface area contributed by atoms with Gasteiger partial charge >= 0.3 is 0 Å². The van der Waals surface area contributed by atoms with Crippen LogP contribution < -0.4 is 10.6 Å². The molecule has 3 aliphatic heterocycles. The number of fused-ring (bicyclic) bond motifs is 2. The van der Waals surface area contributed by atoms with Gasteiger partial charge in [0.2, 0.25) is 0 Å². The number of ether oxygens (including phenoxy) is 2. The minimum absolute atomic E-state index is 0.251. The van der Waals surface area contributed by atoms with E-state index in [4.69, 9.17) is 21.1 Å². The van der Waals surface area contributed by atoms with E-state index in [9.17, 15) is 0 Å². The first-order chi connectivity index (χ1) is 13.2. The van der Waals surface area contributed by atoms with E-state index in [2.05, 4.69) is 32.7 Å². The predicted octanol–water partition coefficient (Wildman–Crippen LogP) is 2.20. The second kappa shape index (κ2) is 8.78. The summed E-state index contributed by atoms with van der Waals surface area (Å²) in [4.78, 5) is 6.90. The lowest BCUT2D eigenvalue weighted by Gasteiger charge is -2.35. The van der Waals surface area contributed by atoms with Crippen molar-refractivity contribution in [1.29, 1.82) is 0 Å². The van der Waals surface area contributed by atoms with Crippen molar-refractivity contribution in [1.82, 2.24) is 15.5 Å². The van der Waals surface area contributed by atoms with Gasteiger partial charge in [-0.2, -0.15) is 0 Å². The summed E-state index contributed by atoms with van der Waals surface area (Å²) in [5.41, 5.74) is 1.26. The van der Waals surface area contributed by atoms with Crippen molar-refractivity contribution in [3.05, 3.63) is 34.9 Å². The summed E-state index contributed by atoms with van der Waals surface area (Å²) in [6.45, 7) is 4.20. The molecule has 0 aliphatic carbocycles. The third-order valence-corrected chi connectivity index (χ3v) is 6.11. The summed E-state index contributed by atoms with van der Waals surface area (Å²) in [5, 5.41) is 7.86. The van der Waals surface area contributed by atoms with Crippen LogP contribution in [0.2, 0.25) is 5.02 Å². The van der Waals surface area contributed by atoms with Crippen LogP contribution in [-0.4, -0.2) is 69.0 Å². The first-order valence-electron chi connectivity index (χ1n) is 9.93. The predicted molar refractivity (Wildman–Crippen MR) is 107 cm³/mol. The molecule has 3 heterocycles. The fourth-order valence-corrected chi connectivity index (χ4v) is 4.51. The molecular formula is C20H29ClN4O2. The number of guanidine groups is 1. The van der Waals surface area contributed by atoms with Gasteiger partial charge in [0.25, 0.3) is 0 Å². The number of halogens is 1. The Morgan fingerprint density at radius 1 is 1.26 bits per heavy atom. The zero-order valence-electron chi connectivity index (χ0n) is 15.9. The zero-order chi connectivity index (χ0) is 18.6. The van der Waals surface area contributed by atoms with Gasteiger partial charge in [0.05, 0.1) is 37.5 Å². The molecule has 4 atom stereocenters. The Balaban J connectivity index is 1.40. The summed E-state index contributed by atoms with van der Waals surface area (Å²) in [6, 6.07) is 8.77. The number of nitrogens with one attached hydrogen (secondary N) is 2. The summed E-state index contributed by atoms with van der Waals surface area (Å²) in [6.07, 6.45) is 4.20. The van der Waals surface area contributed by atoms with Crippen LogP contribution >= 0.6 is 11.6 Å². The van der Waals surface area contributed by atoms with E-state index in [0.717, 1.165) is 56.7 Å². The molecule has 4 rings (SSSR count). The van der Waals surface area contributed by atoms with Crippen molar-refractivity contribution >= 4 is 17.6 Å². The lowest BCUT2D eigenvalue weighted by molar-refractivity contribution is 0.0170. The zero-order valence-corrected chi connectivity index (χ0v) is 16.6. The fraction of sp³-hybridized carbons (Fsp3) is 0.650. The largest absolute Gasteiger partial charge is 0.379 e. The summed E-state index contributed by atoms with van der Waals surface area (Å²) >= 11 is 6.09. The first kappa shape index (κ1) is 19.0. The average Bonchev–Trinajstić information content (AvgIpc) is 3.32. The molecule has 0 radical (unpaired) electrons. The van der Waals surface area contributed by atoms with Gasteiger partial charge in [-0.15, -0.1) is 0 Å². The minimum atomic E-state index is 0.251. The van der Waals surface area contributed by atoms with Crippen LogP contribution in [0.5, 0.6) is 0 Å². The van der Waals surface area contributed by atoms with Crippen LogP contribution in [-0.2, 0) is 9.47 Å². The smallest absolute Gasteiger partial charge is 0.191 e. The molecule has 1 aromatic rings. The number of aliphatic imine (C=N–C) groups is 1. The third kappa shape index (κ3) is 4.57. The van der Waals surface area contributed by atoms with E-state index in [1.807, 2.05) is 19.2 Å². The number of hydrogen-bond acceptors (Lipinski definition) is 4. The number of benzene rings is 1. The quantitative estimate of drug-likeness (QED) is 0.594. The molecule has 3 fully saturated rings. The van der Waals surface area contributed by atoms with Gasteiger partial charge in [-0.05, 0) is 37.0 Å². The van der Waals surface area contributed by atoms with E-state index >= 15 is 0 Å². The number of nitrogens with zero attached hydrogens (tertiary/aromatic N) is 2. The molecule has 2 bridgehead atoms. The van der Waals surface area contributed by atoms with Crippen LogP contribution in [0, 0.1) is 0 Å². The normalized spacial score (nSPS) is 29.7. The standard InChI is InChI=1S/C20H29ClN4O2/c1-22-20(24-17-12-16-6-7-19(17)27-16)23-13-18(25-8-10-26-11-9-25)14-2-4-15(21)5-3-14/h2-5,16-19H,6-13H2,1H3,(H2,22,23,24). The SMILES string of the molecule is CN=C(NCC(c1ccc(Cl)cc1)N1CCOCC1)NC1CC2CCC1O2. The molecule has 4 unspecified atom stereocenters. The molecule has 2 N–H and O–H groups in total. The topological polar surface area (TPSA) is 58.1 Å². The van der Waals surface area contributed by atoms with Crippen LogP contribution in [0.3, 0.4) is 0 Å². The number of morpholine rings is 1. The highest BCUT2D eigenvalue weighted by molar-refractivity contribution is 6.30. The van der Waals surface area contributed by atoms with Crippen molar-refractivity contribution in [2.24, 2.45) is 4.99 Å². The van der Waals surface area contributed by atoms with E-state index < -0.39 is 0 Å². The Bertz CT molecular complexity index is 648. The van der Waals surface area contributed by atoms with E-state index in [-0.39, 0.29) is 6.04 Å². The van der Waals surface area contributed by atoms with Crippen LogP contribution in [0.25, 0.3) is 0 Å². The van der Waals surface area contributed by atoms with E-state index in [0.29, 0.717) is 18.2 Å². The molecule has 1 aromatic carbocycles. The van der Waals surface area contributed by atoms with E-state index in [1.54, 1.807) is 0 Å². The minimum Gasteiger partial charge on any atom is -0.379 e. The van der Waals surface area contributed by atoms with Gasteiger partial charge in [0.1, 0.15) is 0 Å². The highest BCUT2D eigenvalue weighted by Gasteiger charge is 2.41. The van der Waals surface area contributed by atoms with Crippen LogP contribution in [0.4, 0.5) is 0 Å². The molecule has 148 valence electrons. The Labute approximate surface area is 166 Å². The fourth-order valence-electron chi connectivity index (χ4n) is 4.39. The second-order valence-electron chi connectivity index (χ2n) is 7.53. The summed E-state index contributed by atoms with van der Waals surface area (Å²) in [5.74, 6) is 0.850. The molecule has 27 heavy (non-hydrogen) atoms. The van der Waals surface area contributed by atoms with Gasteiger partial charge in [-0.1, -0.05) is 23.7 Å². The molecule has 3 saturated heterocycles. The molecule has 7 heteroatoms. The lowest BCUT2D eigenvalue weighted by Crippen LogP contribution is -2.50. The van der Waals surface area contributed by atoms with E-state index in [1.165, 1.54) is 12.0 Å². The van der Waals surface area contributed by atoms with Gasteiger partial charge in [0, 0.05) is 31.7 Å². The average molecular weight is 393 g/mol. The number of rotatable bonds is 5. The molecule has 0 aromatic heterocycles. The molecule has 0 saturated carbocycles. The van der Waals surface area contributed by atoms with Crippen molar-refractivity contribution in [2.75, 3.05) is 39.9 Å². The Morgan fingerprint density at radius 3 is 2.67 bits per heavy atom. The maximum absolute atomic E-state index is 6.09. The molecule has 6 nitrogen and oxygen atoms in total. The van der Waals surface area contributed by atoms with Crippen molar-refractivity contribution in [3.8, 4) is 0 Å². The van der Waals surface area contributed by atoms with Gasteiger partial charge in [-0.25, -0.2) is 0 Å². The maximum Gasteiger partial charge on any atom is 0.191 e. The lowest BCUT2D eigenvalue weighted by atomic mass is 9.96. The molecule has 3 aliphatic rings. The van der Waals surface area contributed by atoms with Crippen molar-refractivity contribution in [2.45, 2.75) is 43.6 Å². The Kier molecular flexibility index (Phi) is 6.18. The Morgan fingerprint density at radius 2 is 2.04 bits per heavy atom.